The maximum atomic E-state index is 13.1. The number of hydrogen-bond donors (Lipinski definition) is 1. The largest absolute Gasteiger partial charge is 0.391 e. The number of imidazole rings is 1. The van der Waals surface area contributed by atoms with Crippen molar-refractivity contribution < 1.29 is 13.2 Å². The van der Waals surface area contributed by atoms with Crippen molar-refractivity contribution in [1.82, 2.24) is 20.0 Å². The van der Waals surface area contributed by atoms with E-state index in [2.05, 4.69) is 15.3 Å². The average molecular weight is 361 g/mol. The van der Waals surface area contributed by atoms with Gasteiger partial charge in [0.25, 0.3) is 0 Å². The summed E-state index contributed by atoms with van der Waals surface area (Å²) < 4.78 is 41.1. The SMILES string of the molecule is FC(F)(F)CC1CNCCN1n1c(-c2cccnc2)nc2ccccc21. The molecule has 3 aromatic rings. The van der Waals surface area contributed by atoms with Crippen LogP contribution in [0.2, 0.25) is 0 Å². The fourth-order valence-corrected chi connectivity index (χ4v) is 3.41. The minimum atomic E-state index is -4.23. The van der Waals surface area contributed by atoms with Gasteiger partial charge < -0.3 is 10.3 Å². The molecule has 1 aliphatic heterocycles. The number of hydrogen-bond acceptors (Lipinski definition) is 4. The van der Waals surface area contributed by atoms with Crippen LogP contribution >= 0.6 is 0 Å². The monoisotopic (exact) mass is 361 g/mol. The Morgan fingerprint density at radius 1 is 1.15 bits per heavy atom. The Kier molecular flexibility index (Phi) is 4.28. The molecule has 0 spiro atoms. The highest BCUT2D eigenvalue weighted by Crippen LogP contribution is 2.29. The molecule has 1 atom stereocenters. The Morgan fingerprint density at radius 3 is 2.77 bits per heavy atom. The van der Waals surface area contributed by atoms with Gasteiger partial charge in [-0.25, -0.2) is 9.66 Å². The number of aromatic nitrogens is 3. The first-order chi connectivity index (χ1) is 12.5. The fraction of sp³-hybridized carbons (Fsp3) is 0.333. The van der Waals surface area contributed by atoms with Gasteiger partial charge in [-0.05, 0) is 24.3 Å². The number of benzene rings is 1. The lowest BCUT2D eigenvalue weighted by Gasteiger charge is -2.39. The third kappa shape index (κ3) is 3.24. The third-order valence-electron chi connectivity index (χ3n) is 4.50. The molecule has 1 saturated heterocycles. The van der Waals surface area contributed by atoms with Crippen LogP contribution in [0.15, 0.2) is 48.8 Å². The second-order valence-corrected chi connectivity index (χ2v) is 6.32. The van der Waals surface area contributed by atoms with Gasteiger partial charge in [-0.3, -0.25) is 4.98 Å². The molecular weight excluding hydrogens is 343 g/mol. The molecule has 2 aromatic heterocycles. The quantitative estimate of drug-likeness (QED) is 0.779. The summed E-state index contributed by atoms with van der Waals surface area (Å²) in [5.41, 5.74) is 2.31. The van der Waals surface area contributed by atoms with E-state index < -0.39 is 18.6 Å². The normalized spacial score (nSPS) is 18.4. The average Bonchev–Trinajstić information content (AvgIpc) is 3.01. The van der Waals surface area contributed by atoms with Gasteiger partial charge in [-0.2, -0.15) is 13.2 Å². The molecule has 0 saturated carbocycles. The minimum absolute atomic E-state index is 0.276. The molecule has 26 heavy (non-hydrogen) atoms. The van der Waals surface area contributed by atoms with Crippen LogP contribution in [-0.4, -0.2) is 46.5 Å². The molecule has 1 fully saturated rings. The van der Waals surface area contributed by atoms with Gasteiger partial charge in [-0.15, -0.1) is 0 Å². The highest BCUT2D eigenvalue weighted by atomic mass is 19.4. The number of nitrogens with zero attached hydrogens (tertiary/aromatic N) is 4. The van der Waals surface area contributed by atoms with Crippen LogP contribution in [0.25, 0.3) is 22.4 Å². The van der Waals surface area contributed by atoms with Gasteiger partial charge in [-0.1, -0.05) is 12.1 Å². The highest BCUT2D eigenvalue weighted by Gasteiger charge is 2.37. The molecule has 3 heterocycles. The fourth-order valence-electron chi connectivity index (χ4n) is 3.41. The number of pyridine rings is 1. The Bertz CT molecular complexity index is 891. The maximum Gasteiger partial charge on any atom is 0.391 e. The van der Waals surface area contributed by atoms with Crippen LogP contribution in [0.4, 0.5) is 13.2 Å². The smallest absolute Gasteiger partial charge is 0.313 e. The predicted molar refractivity (Wildman–Crippen MR) is 93.4 cm³/mol. The zero-order valence-electron chi connectivity index (χ0n) is 13.9. The molecule has 1 N–H and O–H groups in total. The Balaban J connectivity index is 1.86. The molecule has 8 heteroatoms. The number of alkyl halides is 3. The standard InChI is InChI=1S/C18H18F3N5/c19-18(20,21)10-14-12-23-8-9-25(14)26-16-6-2-1-5-15(16)24-17(26)13-4-3-7-22-11-13/h1-7,11,14,23H,8-10,12H2. The molecule has 0 amide bonds. The zero-order valence-corrected chi connectivity index (χ0v) is 13.9. The van der Waals surface area contributed by atoms with E-state index in [0.717, 1.165) is 16.6 Å². The first-order valence-corrected chi connectivity index (χ1v) is 8.45. The van der Waals surface area contributed by atoms with Crippen molar-refractivity contribution >= 4 is 11.0 Å². The van der Waals surface area contributed by atoms with Crippen LogP contribution in [0, 0.1) is 0 Å². The predicted octanol–water partition coefficient (Wildman–Crippen LogP) is 2.96. The van der Waals surface area contributed by atoms with Crippen LogP contribution < -0.4 is 10.3 Å². The molecule has 4 rings (SSSR count). The Morgan fingerprint density at radius 2 is 2.00 bits per heavy atom. The van der Waals surface area contributed by atoms with Crippen LogP contribution in [0.3, 0.4) is 0 Å². The lowest BCUT2D eigenvalue weighted by molar-refractivity contribution is -0.139. The summed E-state index contributed by atoms with van der Waals surface area (Å²) in [5.74, 6) is 0.605. The molecule has 0 radical (unpaired) electrons. The van der Waals surface area contributed by atoms with E-state index in [-0.39, 0.29) is 6.54 Å². The van der Waals surface area contributed by atoms with E-state index in [1.54, 1.807) is 23.5 Å². The first-order valence-electron chi connectivity index (χ1n) is 8.45. The minimum Gasteiger partial charge on any atom is -0.313 e. The summed E-state index contributed by atoms with van der Waals surface area (Å²) in [6.45, 7) is 1.36. The number of halogens is 3. The molecule has 1 unspecified atom stereocenters. The summed E-state index contributed by atoms with van der Waals surface area (Å²) in [6, 6.07) is 10.5. The van der Waals surface area contributed by atoms with Gasteiger partial charge in [0.1, 0.15) is 0 Å². The number of piperazine rings is 1. The van der Waals surface area contributed by atoms with E-state index in [0.29, 0.717) is 18.9 Å². The number of rotatable bonds is 3. The van der Waals surface area contributed by atoms with Crippen molar-refractivity contribution in [3.05, 3.63) is 48.8 Å². The summed E-state index contributed by atoms with van der Waals surface area (Å²) in [4.78, 5) is 8.80. The topological polar surface area (TPSA) is 46.0 Å². The van der Waals surface area contributed by atoms with Crippen molar-refractivity contribution in [2.75, 3.05) is 24.6 Å². The summed E-state index contributed by atoms with van der Waals surface area (Å²) in [6.07, 6.45) is -1.77. The molecule has 0 bridgehead atoms. The van der Waals surface area contributed by atoms with Crippen molar-refractivity contribution in [1.29, 1.82) is 0 Å². The molecule has 1 aromatic carbocycles. The highest BCUT2D eigenvalue weighted by molar-refractivity contribution is 5.81. The molecule has 136 valence electrons. The van der Waals surface area contributed by atoms with Crippen LogP contribution in [0.5, 0.6) is 0 Å². The van der Waals surface area contributed by atoms with E-state index in [9.17, 15) is 13.2 Å². The van der Waals surface area contributed by atoms with Crippen molar-refractivity contribution in [3.63, 3.8) is 0 Å². The van der Waals surface area contributed by atoms with E-state index in [1.807, 2.05) is 35.0 Å². The van der Waals surface area contributed by atoms with E-state index in [1.165, 1.54) is 0 Å². The van der Waals surface area contributed by atoms with Gasteiger partial charge in [0, 0.05) is 37.6 Å². The number of nitrogens with one attached hydrogen (secondary N) is 1. The van der Waals surface area contributed by atoms with Crippen molar-refractivity contribution in [2.24, 2.45) is 0 Å². The summed E-state index contributed by atoms with van der Waals surface area (Å²) in [7, 11) is 0. The number of para-hydroxylation sites is 2. The third-order valence-corrected chi connectivity index (χ3v) is 4.50. The Hall–Kier alpha value is -2.61. The van der Waals surface area contributed by atoms with E-state index in [4.69, 9.17) is 0 Å². The molecule has 1 aliphatic rings. The molecular formula is C18H18F3N5. The van der Waals surface area contributed by atoms with Gasteiger partial charge in [0.2, 0.25) is 0 Å². The van der Waals surface area contributed by atoms with Crippen LogP contribution in [-0.2, 0) is 0 Å². The molecule has 5 nitrogen and oxygen atoms in total. The summed E-state index contributed by atoms with van der Waals surface area (Å²) in [5, 5.41) is 4.85. The van der Waals surface area contributed by atoms with Crippen molar-refractivity contribution in [2.45, 2.75) is 18.6 Å². The van der Waals surface area contributed by atoms with E-state index >= 15 is 0 Å². The second-order valence-electron chi connectivity index (χ2n) is 6.32. The Labute approximate surface area is 148 Å². The van der Waals surface area contributed by atoms with Gasteiger partial charge >= 0.3 is 6.18 Å². The second kappa shape index (κ2) is 6.60. The first kappa shape index (κ1) is 16.8. The van der Waals surface area contributed by atoms with Gasteiger partial charge in [0.15, 0.2) is 5.82 Å². The lowest BCUT2D eigenvalue weighted by atomic mass is 10.1. The molecule has 0 aliphatic carbocycles. The van der Waals surface area contributed by atoms with Crippen LogP contribution in [0.1, 0.15) is 6.42 Å². The maximum absolute atomic E-state index is 13.1. The summed E-state index contributed by atoms with van der Waals surface area (Å²) >= 11 is 0. The van der Waals surface area contributed by atoms with Gasteiger partial charge in [0.05, 0.1) is 23.5 Å². The zero-order chi connectivity index (χ0) is 18.1. The lowest BCUT2D eigenvalue weighted by Crippen LogP contribution is -2.57. The number of fused-ring (bicyclic) bond motifs is 1. The van der Waals surface area contributed by atoms with Crippen molar-refractivity contribution in [3.8, 4) is 11.4 Å².